The van der Waals surface area contributed by atoms with Gasteiger partial charge in [-0.3, -0.25) is 0 Å². The molecule has 0 aromatic heterocycles. The Morgan fingerprint density at radius 1 is 1.18 bits per heavy atom. The smallest absolute Gasteiger partial charge is 0.160 e. The van der Waals surface area contributed by atoms with Crippen LogP contribution in [0.1, 0.15) is 5.56 Å². The normalized spacial score (nSPS) is 13.4. The predicted octanol–water partition coefficient (Wildman–Crippen LogP) is 3.23. The van der Waals surface area contributed by atoms with Gasteiger partial charge in [-0.15, -0.1) is 0 Å². The van der Waals surface area contributed by atoms with Crippen molar-refractivity contribution >= 4 is 29.1 Å². The first-order chi connectivity index (χ1) is 8.24. The van der Waals surface area contributed by atoms with Crippen molar-refractivity contribution in [2.24, 2.45) is 0 Å². The summed E-state index contributed by atoms with van der Waals surface area (Å²) in [4.78, 5) is 0. The Balaban J connectivity index is 2.25. The fraction of sp³-hybridized carbons (Fsp3) is 0. The van der Waals surface area contributed by atoms with Crippen LogP contribution in [0.5, 0.6) is 0 Å². The Kier molecular flexibility index (Phi) is 3.39. The average Bonchev–Trinajstić information content (AvgIpc) is 2.81. The SMILES string of the molecule is N#CC(C#N)=C1NC(c2ccc(Cl)cc2)=CS1. The summed E-state index contributed by atoms with van der Waals surface area (Å²) < 4.78 is 0. The van der Waals surface area contributed by atoms with E-state index in [1.54, 1.807) is 12.1 Å². The molecule has 0 fully saturated rings. The third-order valence-electron chi connectivity index (χ3n) is 2.15. The van der Waals surface area contributed by atoms with Crippen molar-refractivity contribution < 1.29 is 0 Å². The number of hydrogen-bond acceptors (Lipinski definition) is 4. The zero-order valence-electron chi connectivity index (χ0n) is 8.57. The van der Waals surface area contributed by atoms with Gasteiger partial charge in [0.25, 0.3) is 0 Å². The second-order valence-electron chi connectivity index (χ2n) is 3.21. The molecule has 0 amide bonds. The van der Waals surface area contributed by atoms with E-state index in [4.69, 9.17) is 22.1 Å². The maximum atomic E-state index is 8.76. The lowest BCUT2D eigenvalue weighted by Gasteiger charge is -2.04. The molecule has 82 valence electrons. The molecule has 0 radical (unpaired) electrons. The Morgan fingerprint density at radius 3 is 2.41 bits per heavy atom. The van der Waals surface area contributed by atoms with E-state index in [-0.39, 0.29) is 5.57 Å². The minimum absolute atomic E-state index is 0.0928. The summed E-state index contributed by atoms with van der Waals surface area (Å²) in [5.74, 6) is 0. The lowest BCUT2D eigenvalue weighted by molar-refractivity contribution is 1.19. The lowest BCUT2D eigenvalue weighted by Crippen LogP contribution is -2.05. The molecule has 1 aromatic rings. The van der Waals surface area contributed by atoms with Crippen LogP contribution in [0.4, 0.5) is 0 Å². The number of allylic oxidation sites excluding steroid dienone is 1. The number of nitrogens with one attached hydrogen (secondary N) is 1. The topological polar surface area (TPSA) is 59.6 Å². The summed E-state index contributed by atoms with van der Waals surface area (Å²) >= 11 is 7.14. The monoisotopic (exact) mass is 259 g/mol. The molecule has 1 N–H and O–H groups in total. The number of halogens is 1. The Morgan fingerprint density at radius 2 is 1.82 bits per heavy atom. The quantitative estimate of drug-likeness (QED) is 0.787. The highest BCUT2D eigenvalue weighted by molar-refractivity contribution is 8.06. The maximum Gasteiger partial charge on any atom is 0.160 e. The maximum absolute atomic E-state index is 8.76. The van der Waals surface area contributed by atoms with Gasteiger partial charge in [-0.1, -0.05) is 35.5 Å². The van der Waals surface area contributed by atoms with Crippen molar-refractivity contribution in [3.05, 3.63) is 50.9 Å². The van der Waals surface area contributed by atoms with Gasteiger partial charge in [-0.2, -0.15) is 10.5 Å². The van der Waals surface area contributed by atoms with Gasteiger partial charge in [-0.05, 0) is 17.7 Å². The molecule has 1 aromatic carbocycles. The highest BCUT2D eigenvalue weighted by atomic mass is 35.5. The number of nitriles is 2. The van der Waals surface area contributed by atoms with Crippen molar-refractivity contribution in [3.63, 3.8) is 0 Å². The van der Waals surface area contributed by atoms with E-state index in [1.165, 1.54) is 11.8 Å². The van der Waals surface area contributed by atoms with Crippen molar-refractivity contribution in [1.82, 2.24) is 5.32 Å². The van der Waals surface area contributed by atoms with Gasteiger partial charge >= 0.3 is 0 Å². The summed E-state index contributed by atoms with van der Waals surface area (Å²) in [6, 6.07) is 11.1. The average molecular weight is 260 g/mol. The third-order valence-corrected chi connectivity index (χ3v) is 3.30. The summed E-state index contributed by atoms with van der Waals surface area (Å²) in [6.45, 7) is 0. The first-order valence-electron chi connectivity index (χ1n) is 4.69. The standard InChI is InChI=1S/C12H6ClN3S/c13-10-3-1-8(2-4-10)11-7-17-12(16-11)9(5-14)6-15/h1-4,7,16H. The van der Waals surface area contributed by atoms with Crippen molar-refractivity contribution in [2.45, 2.75) is 0 Å². The summed E-state index contributed by atoms with van der Waals surface area (Å²) in [7, 11) is 0. The molecule has 5 heteroatoms. The van der Waals surface area contributed by atoms with Crippen molar-refractivity contribution in [3.8, 4) is 12.1 Å². The van der Waals surface area contributed by atoms with E-state index in [2.05, 4.69) is 5.32 Å². The van der Waals surface area contributed by atoms with Gasteiger partial charge in [-0.25, -0.2) is 0 Å². The van der Waals surface area contributed by atoms with Crippen LogP contribution in [0.15, 0.2) is 40.3 Å². The van der Waals surface area contributed by atoms with Gasteiger partial charge in [0.2, 0.25) is 0 Å². The summed E-state index contributed by atoms with van der Waals surface area (Å²) in [5, 5.41) is 23.7. The molecule has 1 aliphatic rings. The molecule has 0 saturated heterocycles. The van der Waals surface area contributed by atoms with E-state index in [0.717, 1.165) is 11.3 Å². The highest BCUT2D eigenvalue weighted by Gasteiger charge is 2.15. The van der Waals surface area contributed by atoms with E-state index >= 15 is 0 Å². The Bertz CT molecular complexity index is 572. The second-order valence-corrected chi connectivity index (χ2v) is 4.53. The third kappa shape index (κ3) is 2.45. The summed E-state index contributed by atoms with van der Waals surface area (Å²) in [5.41, 5.74) is 1.92. The molecule has 1 heterocycles. The molecule has 0 unspecified atom stereocenters. The highest BCUT2D eigenvalue weighted by Crippen LogP contribution is 2.32. The molecule has 0 spiro atoms. The Labute approximate surface area is 108 Å². The number of benzene rings is 1. The molecule has 0 aliphatic carbocycles. The molecule has 0 bridgehead atoms. The first-order valence-corrected chi connectivity index (χ1v) is 5.94. The van der Waals surface area contributed by atoms with E-state index in [1.807, 2.05) is 29.7 Å². The molecule has 0 atom stereocenters. The van der Waals surface area contributed by atoms with Crippen LogP contribution in [0.2, 0.25) is 5.02 Å². The van der Waals surface area contributed by atoms with Crippen molar-refractivity contribution in [2.75, 3.05) is 0 Å². The molecule has 1 aliphatic heterocycles. The van der Waals surface area contributed by atoms with Gasteiger partial charge < -0.3 is 5.32 Å². The van der Waals surface area contributed by atoms with Crippen LogP contribution < -0.4 is 5.32 Å². The largest absolute Gasteiger partial charge is 0.347 e. The van der Waals surface area contributed by atoms with Crippen LogP contribution in [0.25, 0.3) is 5.70 Å². The Hall–Kier alpha value is -1.88. The number of rotatable bonds is 1. The van der Waals surface area contributed by atoms with Crippen LogP contribution >= 0.6 is 23.4 Å². The van der Waals surface area contributed by atoms with Crippen LogP contribution in [-0.2, 0) is 0 Å². The minimum atomic E-state index is 0.0928. The first kappa shape index (κ1) is 11.6. The molecule has 2 rings (SSSR count). The van der Waals surface area contributed by atoms with Gasteiger partial charge in [0.15, 0.2) is 5.57 Å². The second kappa shape index (κ2) is 4.97. The van der Waals surface area contributed by atoms with E-state index in [9.17, 15) is 0 Å². The predicted molar refractivity (Wildman–Crippen MR) is 68.4 cm³/mol. The molecular weight excluding hydrogens is 254 g/mol. The zero-order chi connectivity index (χ0) is 12.3. The number of hydrogen-bond donors (Lipinski definition) is 1. The van der Waals surface area contributed by atoms with Crippen molar-refractivity contribution in [1.29, 1.82) is 10.5 Å². The van der Waals surface area contributed by atoms with Crippen LogP contribution in [-0.4, -0.2) is 0 Å². The summed E-state index contributed by atoms with van der Waals surface area (Å²) in [6.07, 6.45) is 0. The fourth-order valence-corrected chi connectivity index (χ4v) is 2.25. The molecule has 0 saturated carbocycles. The molecule has 3 nitrogen and oxygen atoms in total. The molecular formula is C12H6ClN3S. The van der Waals surface area contributed by atoms with E-state index in [0.29, 0.717) is 10.1 Å². The zero-order valence-corrected chi connectivity index (χ0v) is 10.1. The van der Waals surface area contributed by atoms with Gasteiger partial charge in [0.1, 0.15) is 17.2 Å². The fourth-order valence-electron chi connectivity index (χ4n) is 1.32. The van der Waals surface area contributed by atoms with E-state index < -0.39 is 0 Å². The minimum Gasteiger partial charge on any atom is -0.347 e. The van der Waals surface area contributed by atoms with Gasteiger partial charge in [0.05, 0.1) is 5.70 Å². The van der Waals surface area contributed by atoms with Crippen LogP contribution in [0.3, 0.4) is 0 Å². The van der Waals surface area contributed by atoms with Gasteiger partial charge in [0, 0.05) is 10.4 Å². The molecule has 17 heavy (non-hydrogen) atoms. The van der Waals surface area contributed by atoms with Crippen LogP contribution in [0, 0.1) is 22.7 Å². The number of thioether (sulfide) groups is 1. The number of nitrogens with zero attached hydrogens (tertiary/aromatic N) is 2. The lowest BCUT2D eigenvalue weighted by atomic mass is 10.2.